The fraction of sp³-hybridized carbons (Fsp3) is 0.409. The molecule has 0 aromatic heterocycles. The zero-order chi connectivity index (χ0) is 22.3. The Morgan fingerprint density at radius 1 is 1.03 bits per heavy atom. The maximum Gasteiger partial charge on any atom is 0.253 e. The molecule has 0 saturated carbocycles. The van der Waals surface area contributed by atoms with Crippen LogP contribution in [-0.4, -0.2) is 76.3 Å². The predicted molar refractivity (Wildman–Crippen MR) is 122 cm³/mol. The van der Waals surface area contributed by atoms with Crippen molar-refractivity contribution in [3.63, 3.8) is 0 Å². The molecule has 1 saturated heterocycles. The number of ether oxygens (including phenoxy) is 1. The number of rotatable bonds is 9. The number of hydrogen-bond donors (Lipinski definition) is 1. The SMILES string of the molecule is CS(=O)(=O)NCCc1ccc(C(=O)N2CCN(CCOc3ccc(Cl)cc3)CC2)cc1. The molecule has 1 amide bonds. The van der Waals surface area contributed by atoms with Crippen molar-refractivity contribution < 1.29 is 17.9 Å². The van der Waals surface area contributed by atoms with E-state index in [4.69, 9.17) is 16.3 Å². The van der Waals surface area contributed by atoms with Gasteiger partial charge in [-0.25, -0.2) is 13.1 Å². The van der Waals surface area contributed by atoms with Crippen LogP contribution in [0.2, 0.25) is 5.02 Å². The Kier molecular flexibility index (Phi) is 8.31. The summed E-state index contributed by atoms with van der Waals surface area (Å²) >= 11 is 5.88. The largest absolute Gasteiger partial charge is 0.492 e. The van der Waals surface area contributed by atoms with E-state index in [1.54, 1.807) is 12.1 Å². The molecule has 2 aromatic rings. The molecule has 3 rings (SSSR count). The Morgan fingerprint density at radius 3 is 2.29 bits per heavy atom. The summed E-state index contributed by atoms with van der Waals surface area (Å²) < 4.78 is 30.5. The van der Waals surface area contributed by atoms with Crippen LogP contribution in [0.1, 0.15) is 15.9 Å². The summed E-state index contributed by atoms with van der Waals surface area (Å²) in [6, 6.07) is 14.7. The standard InChI is InChI=1S/C22H28ClN3O4S/c1-31(28,29)24-11-10-18-2-4-19(5-3-18)22(27)26-14-12-25(13-15-26)16-17-30-21-8-6-20(23)7-9-21/h2-9,24H,10-17H2,1H3. The zero-order valence-electron chi connectivity index (χ0n) is 17.6. The van der Waals surface area contributed by atoms with Gasteiger partial charge < -0.3 is 9.64 Å². The quantitative estimate of drug-likeness (QED) is 0.614. The average molecular weight is 466 g/mol. The monoisotopic (exact) mass is 465 g/mol. The number of amides is 1. The van der Waals surface area contributed by atoms with Gasteiger partial charge in [-0.05, 0) is 48.4 Å². The lowest BCUT2D eigenvalue weighted by Gasteiger charge is -2.34. The van der Waals surface area contributed by atoms with Gasteiger partial charge in [0.05, 0.1) is 6.26 Å². The molecule has 1 aliphatic rings. The van der Waals surface area contributed by atoms with E-state index in [1.165, 1.54) is 0 Å². The molecular weight excluding hydrogens is 438 g/mol. The van der Waals surface area contributed by atoms with Crippen molar-refractivity contribution in [1.82, 2.24) is 14.5 Å². The minimum Gasteiger partial charge on any atom is -0.492 e. The lowest BCUT2D eigenvalue weighted by Crippen LogP contribution is -2.49. The van der Waals surface area contributed by atoms with Crippen molar-refractivity contribution in [2.24, 2.45) is 0 Å². The van der Waals surface area contributed by atoms with Crippen LogP contribution in [0.5, 0.6) is 5.75 Å². The Morgan fingerprint density at radius 2 is 1.68 bits per heavy atom. The van der Waals surface area contributed by atoms with Gasteiger partial charge in [0.25, 0.3) is 5.91 Å². The van der Waals surface area contributed by atoms with E-state index in [0.29, 0.717) is 43.2 Å². The molecule has 1 heterocycles. The van der Waals surface area contributed by atoms with Gasteiger partial charge in [0.15, 0.2) is 0 Å². The molecule has 9 heteroatoms. The highest BCUT2D eigenvalue weighted by atomic mass is 35.5. The molecule has 0 atom stereocenters. The number of nitrogens with one attached hydrogen (secondary N) is 1. The molecular formula is C22H28ClN3O4S. The second kappa shape index (κ2) is 10.9. The fourth-order valence-electron chi connectivity index (χ4n) is 3.38. The van der Waals surface area contributed by atoms with Crippen LogP contribution in [0.4, 0.5) is 0 Å². The maximum atomic E-state index is 12.8. The first-order chi connectivity index (χ1) is 14.8. The molecule has 0 spiro atoms. The van der Waals surface area contributed by atoms with E-state index in [2.05, 4.69) is 9.62 Å². The van der Waals surface area contributed by atoms with Crippen LogP contribution < -0.4 is 9.46 Å². The van der Waals surface area contributed by atoms with Crippen LogP contribution in [0, 0.1) is 0 Å². The Labute approximate surface area is 189 Å². The summed E-state index contributed by atoms with van der Waals surface area (Å²) in [7, 11) is -3.18. The highest BCUT2D eigenvalue weighted by molar-refractivity contribution is 7.88. The van der Waals surface area contributed by atoms with Crippen molar-refractivity contribution >= 4 is 27.5 Å². The molecule has 168 valence electrons. The molecule has 1 aliphatic heterocycles. The Balaban J connectivity index is 1.39. The first-order valence-electron chi connectivity index (χ1n) is 10.2. The van der Waals surface area contributed by atoms with Crippen LogP contribution in [0.3, 0.4) is 0 Å². The predicted octanol–water partition coefficient (Wildman–Crippen LogP) is 2.27. The number of nitrogens with zero attached hydrogens (tertiary/aromatic N) is 2. The van der Waals surface area contributed by atoms with Gasteiger partial charge in [-0.2, -0.15) is 0 Å². The molecule has 1 N–H and O–H groups in total. The van der Waals surface area contributed by atoms with E-state index < -0.39 is 10.0 Å². The van der Waals surface area contributed by atoms with Gasteiger partial charge >= 0.3 is 0 Å². The van der Waals surface area contributed by atoms with Crippen molar-refractivity contribution in [1.29, 1.82) is 0 Å². The second-order valence-electron chi connectivity index (χ2n) is 7.55. The van der Waals surface area contributed by atoms with Crippen LogP contribution in [0.15, 0.2) is 48.5 Å². The third-order valence-corrected chi connectivity index (χ3v) is 6.11. The van der Waals surface area contributed by atoms with Crippen LogP contribution >= 0.6 is 11.6 Å². The summed E-state index contributed by atoms with van der Waals surface area (Å²) in [4.78, 5) is 16.9. The topological polar surface area (TPSA) is 79.0 Å². The first kappa shape index (κ1) is 23.5. The van der Waals surface area contributed by atoms with Gasteiger partial charge in [0, 0.05) is 49.9 Å². The van der Waals surface area contributed by atoms with Crippen molar-refractivity contribution in [3.8, 4) is 5.75 Å². The van der Waals surface area contributed by atoms with Crippen LogP contribution in [-0.2, 0) is 16.4 Å². The van der Waals surface area contributed by atoms with E-state index in [9.17, 15) is 13.2 Å². The molecule has 7 nitrogen and oxygen atoms in total. The van der Waals surface area contributed by atoms with Crippen LogP contribution in [0.25, 0.3) is 0 Å². The van der Waals surface area contributed by atoms with E-state index in [1.807, 2.05) is 41.3 Å². The fourth-order valence-corrected chi connectivity index (χ4v) is 3.97. The molecule has 2 aromatic carbocycles. The van der Waals surface area contributed by atoms with E-state index in [-0.39, 0.29) is 5.91 Å². The van der Waals surface area contributed by atoms with Crippen molar-refractivity contribution in [3.05, 3.63) is 64.7 Å². The molecule has 31 heavy (non-hydrogen) atoms. The summed E-state index contributed by atoms with van der Waals surface area (Å²) in [5.74, 6) is 0.826. The molecule has 1 fully saturated rings. The highest BCUT2D eigenvalue weighted by Crippen LogP contribution is 2.16. The molecule has 0 bridgehead atoms. The molecule has 0 aliphatic carbocycles. The summed E-state index contributed by atoms with van der Waals surface area (Å²) in [5.41, 5.74) is 1.64. The number of sulfonamides is 1. The lowest BCUT2D eigenvalue weighted by atomic mass is 10.1. The van der Waals surface area contributed by atoms with Gasteiger partial charge in [-0.3, -0.25) is 9.69 Å². The summed E-state index contributed by atoms with van der Waals surface area (Å²) in [6.45, 7) is 4.72. The lowest BCUT2D eigenvalue weighted by molar-refractivity contribution is 0.0620. The van der Waals surface area contributed by atoms with E-state index in [0.717, 1.165) is 37.2 Å². The number of carbonyl (C=O) groups is 1. The molecule has 0 unspecified atom stereocenters. The normalized spacial score (nSPS) is 15.1. The number of piperazine rings is 1. The number of benzene rings is 2. The van der Waals surface area contributed by atoms with Gasteiger partial charge in [-0.1, -0.05) is 23.7 Å². The maximum absolute atomic E-state index is 12.8. The summed E-state index contributed by atoms with van der Waals surface area (Å²) in [5, 5.41) is 0.687. The zero-order valence-corrected chi connectivity index (χ0v) is 19.2. The Hall–Kier alpha value is -2.13. The number of hydrogen-bond acceptors (Lipinski definition) is 5. The highest BCUT2D eigenvalue weighted by Gasteiger charge is 2.22. The smallest absolute Gasteiger partial charge is 0.253 e. The Bertz CT molecular complexity index is 957. The van der Waals surface area contributed by atoms with Crippen molar-refractivity contribution in [2.45, 2.75) is 6.42 Å². The van der Waals surface area contributed by atoms with Crippen molar-refractivity contribution in [2.75, 3.05) is 52.1 Å². The number of halogens is 1. The van der Waals surface area contributed by atoms with Gasteiger partial charge in [0.2, 0.25) is 10.0 Å². The second-order valence-corrected chi connectivity index (χ2v) is 9.82. The van der Waals surface area contributed by atoms with Gasteiger partial charge in [0.1, 0.15) is 12.4 Å². The first-order valence-corrected chi connectivity index (χ1v) is 12.5. The minimum atomic E-state index is -3.18. The minimum absolute atomic E-state index is 0.0258. The van der Waals surface area contributed by atoms with E-state index >= 15 is 0 Å². The third-order valence-electron chi connectivity index (χ3n) is 5.13. The third kappa shape index (κ3) is 7.81. The number of carbonyl (C=O) groups excluding carboxylic acids is 1. The van der Waals surface area contributed by atoms with Gasteiger partial charge in [-0.15, -0.1) is 0 Å². The molecule has 0 radical (unpaired) electrons. The average Bonchev–Trinajstić information content (AvgIpc) is 2.75. The summed E-state index contributed by atoms with van der Waals surface area (Å²) in [6.07, 6.45) is 1.72.